The molecule has 1 saturated heterocycles. The van der Waals surface area contributed by atoms with Crippen LogP contribution >= 0.6 is 11.3 Å². The van der Waals surface area contributed by atoms with Crippen LogP contribution in [0.15, 0.2) is 29.2 Å². The van der Waals surface area contributed by atoms with E-state index >= 15 is 0 Å². The number of hydrogen-bond donors (Lipinski definition) is 1. The number of allylic oxidation sites excluding steroid dienone is 1. The van der Waals surface area contributed by atoms with E-state index in [0.29, 0.717) is 12.1 Å². The van der Waals surface area contributed by atoms with Gasteiger partial charge in [0.25, 0.3) is 0 Å². The molecule has 0 amide bonds. The van der Waals surface area contributed by atoms with Gasteiger partial charge in [0.15, 0.2) is 0 Å². The first-order chi connectivity index (χ1) is 9.15. The number of piperidine rings is 1. The SMILES string of the molecule is CC(C)=CCN1CCC(N[C@H](C)c2cccs2)CC1. The van der Waals surface area contributed by atoms with Crippen LogP contribution in [0.2, 0.25) is 0 Å². The monoisotopic (exact) mass is 278 g/mol. The summed E-state index contributed by atoms with van der Waals surface area (Å²) in [7, 11) is 0. The molecular formula is C16H26N2S. The first kappa shape index (κ1) is 14.8. The average molecular weight is 278 g/mol. The number of nitrogens with one attached hydrogen (secondary N) is 1. The van der Waals surface area contributed by atoms with Gasteiger partial charge in [-0.3, -0.25) is 4.90 Å². The third-order valence-corrected chi connectivity index (χ3v) is 4.86. The van der Waals surface area contributed by atoms with Crippen LogP contribution in [0.3, 0.4) is 0 Å². The number of nitrogens with zero attached hydrogens (tertiary/aromatic N) is 1. The van der Waals surface area contributed by atoms with Crippen molar-refractivity contribution in [3.63, 3.8) is 0 Å². The third kappa shape index (κ3) is 4.75. The molecule has 2 rings (SSSR count). The Kier molecular flexibility index (Phi) is 5.61. The molecule has 3 heteroatoms. The largest absolute Gasteiger partial charge is 0.307 e. The predicted molar refractivity (Wildman–Crippen MR) is 84.8 cm³/mol. The van der Waals surface area contributed by atoms with Gasteiger partial charge < -0.3 is 5.32 Å². The second kappa shape index (κ2) is 7.22. The number of likely N-dealkylation sites (tertiary alicyclic amines) is 1. The van der Waals surface area contributed by atoms with Gasteiger partial charge in [-0.15, -0.1) is 11.3 Å². The summed E-state index contributed by atoms with van der Waals surface area (Å²) in [5.41, 5.74) is 1.42. The van der Waals surface area contributed by atoms with Crippen LogP contribution in [0, 0.1) is 0 Å². The molecule has 19 heavy (non-hydrogen) atoms. The van der Waals surface area contributed by atoms with Gasteiger partial charge in [-0.1, -0.05) is 17.7 Å². The fraction of sp³-hybridized carbons (Fsp3) is 0.625. The van der Waals surface area contributed by atoms with Crippen molar-refractivity contribution in [1.29, 1.82) is 0 Å². The van der Waals surface area contributed by atoms with Gasteiger partial charge in [0, 0.05) is 23.5 Å². The zero-order valence-electron chi connectivity index (χ0n) is 12.4. The topological polar surface area (TPSA) is 15.3 Å². The van der Waals surface area contributed by atoms with Gasteiger partial charge in [-0.25, -0.2) is 0 Å². The highest BCUT2D eigenvalue weighted by Crippen LogP contribution is 2.21. The lowest BCUT2D eigenvalue weighted by molar-refractivity contribution is 0.208. The zero-order chi connectivity index (χ0) is 13.7. The highest BCUT2D eigenvalue weighted by Gasteiger charge is 2.20. The fourth-order valence-electron chi connectivity index (χ4n) is 2.57. The lowest BCUT2D eigenvalue weighted by atomic mass is 10.0. The zero-order valence-corrected chi connectivity index (χ0v) is 13.2. The summed E-state index contributed by atoms with van der Waals surface area (Å²) in [6.45, 7) is 10.2. The smallest absolute Gasteiger partial charge is 0.0388 e. The summed E-state index contributed by atoms with van der Waals surface area (Å²) in [6.07, 6.45) is 4.88. The van der Waals surface area contributed by atoms with Crippen LogP contribution in [0.1, 0.15) is 44.5 Å². The molecule has 0 radical (unpaired) electrons. The molecule has 106 valence electrons. The van der Waals surface area contributed by atoms with Gasteiger partial charge in [0.05, 0.1) is 0 Å². The first-order valence-corrected chi connectivity index (χ1v) is 8.18. The number of thiophene rings is 1. The van der Waals surface area contributed by atoms with E-state index in [2.05, 4.69) is 54.6 Å². The molecule has 1 atom stereocenters. The molecule has 1 aliphatic rings. The summed E-state index contributed by atoms with van der Waals surface area (Å²) in [5, 5.41) is 5.94. The molecule has 2 heterocycles. The van der Waals surface area contributed by atoms with Crippen molar-refractivity contribution in [1.82, 2.24) is 10.2 Å². The maximum Gasteiger partial charge on any atom is 0.0388 e. The highest BCUT2D eigenvalue weighted by atomic mass is 32.1. The molecule has 1 aromatic heterocycles. The minimum Gasteiger partial charge on any atom is -0.307 e. The van der Waals surface area contributed by atoms with Crippen molar-refractivity contribution in [2.45, 2.75) is 45.7 Å². The maximum absolute atomic E-state index is 3.77. The Morgan fingerprint density at radius 3 is 2.79 bits per heavy atom. The number of rotatable bonds is 5. The molecule has 0 saturated carbocycles. The lowest BCUT2D eigenvalue weighted by Crippen LogP contribution is -2.43. The van der Waals surface area contributed by atoms with Crippen molar-refractivity contribution >= 4 is 11.3 Å². The second-order valence-electron chi connectivity index (χ2n) is 5.76. The Bertz CT molecular complexity index is 385. The standard InChI is InChI=1S/C16H26N2S/c1-13(2)6-9-18-10-7-15(8-11-18)17-14(3)16-5-4-12-19-16/h4-6,12,14-15,17H,7-11H2,1-3H3/t14-/m1/s1. The van der Waals surface area contributed by atoms with Crippen LogP contribution in [0.25, 0.3) is 0 Å². The van der Waals surface area contributed by atoms with Crippen LogP contribution in [-0.4, -0.2) is 30.6 Å². The minimum absolute atomic E-state index is 0.495. The van der Waals surface area contributed by atoms with Crippen molar-refractivity contribution in [2.75, 3.05) is 19.6 Å². The van der Waals surface area contributed by atoms with E-state index < -0.39 is 0 Å². The van der Waals surface area contributed by atoms with Crippen molar-refractivity contribution in [3.8, 4) is 0 Å². The Morgan fingerprint density at radius 1 is 1.47 bits per heavy atom. The predicted octanol–water partition coefficient (Wildman–Crippen LogP) is 3.83. The molecule has 0 spiro atoms. The Hall–Kier alpha value is -0.640. The van der Waals surface area contributed by atoms with Gasteiger partial charge in [0.1, 0.15) is 0 Å². The van der Waals surface area contributed by atoms with Crippen LogP contribution in [0.5, 0.6) is 0 Å². The molecule has 1 aliphatic heterocycles. The molecule has 0 unspecified atom stereocenters. The van der Waals surface area contributed by atoms with E-state index in [9.17, 15) is 0 Å². The molecule has 0 aliphatic carbocycles. The van der Waals surface area contributed by atoms with Crippen molar-refractivity contribution in [2.24, 2.45) is 0 Å². The summed E-state index contributed by atoms with van der Waals surface area (Å²) in [5.74, 6) is 0. The Balaban J connectivity index is 1.73. The molecule has 0 bridgehead atoms. The highest BCUT2D eigenvalue weighted by molar-refractivity contribution is 7.10. The van der Waals surface area contributed by atoms with Gasteiger partial charge >= 0.3 is 0 Å². The molecular weight excluding hydrogens is 252 g/mol. The molecule has 1 fully saturated rings. The van der Waals surface area contributed by atoms with Gasteiger partial charge in [0.2, 0.25) is 0 Å². The Morgan fingerprint density at radius 2 is 2.21 bits per heavy atom. The number of hydrogen-bond acceptors (Lipinski definition) is 3. The summed E-state index contributed by atoms with van der Waals surface area (Å²) in [6, 6.07) is 5.54. The lowest BCUT2D eigenvalue weighted by Gasteiger charge is -2.33. The fourth-order valence-corrected chi connectivity index (χ4v) is 3.31. The normalized spacial score (nSPS) is 19.3. The third-order valence-electron chi connectivity index (χ3n) is 3.80. The molecule has 1 N–H and O–H groups in total. The first-order valence-electron chi connectivity index (χ1n) is 7.30. The van der Waals surface area contributed by atoms with Gasteiger partial charge in [-0.2, -0.15) is 0 Å². The van der Waals surface area contributed by atoms with E-state index in [0.717, 1.165) is 6.54 Å². The quantitative estimate of drug-likeness (QED) is 0.824. The molecule has 2 nitrogen and oxygen atoms in total. The van der Waals surface area contributed by atoms with Crippen LogP contribution < -0.4 is 5.32 Å². The Labute approximate surface area is 121 Å². The minimum atomic E-state index is 0.495. The van der Waals surface area contributed by atoms with E-state index in [4.69, 9.17) is 0 Å². The van der Waals surface area contributed by atoms with E-state index in [1.54, 1.807) is 0 Å². The van der Waals surface area contributed by atoms with E-state index in [-0.39, 0.29) is 0 Å². The summed E-state index contributed by atoms with van der Waals surface area (Å²) in [4.78, 5) is 4.01. The van der Waals surface area contributed by atoms with Crippen molar-refractivity contribution in [3.05, 3.63) is 34.0 Å². The molecule has 0 aromatic carbocycles. The average Bonchev–Trinajstić information content (AvgIpc) is 2.92. The maximum atomic E-state index is 3.77. The second-order valence-corrected chi connectivity index (χ2v) is 6.74. The van der Waals surface area contributed by atoms with Crippen LogP contribution in [-0.2, 0) is 0 Å². The van der Waals surface area contributed by atoms with Crippen molar-refractivity contribution < 1.29 is 0 Å². The van der Waals surface area contributed by atoms with Gasteiger partial charge in [-0.05, 0) is 58.1 Å². The van der Waals surface area contributed by atoms with E-state index in [1.807, 2.05) is 11.3 Å². The van der Waals surface area contributed by atoms with Crippen LogP contribution in [0.4, 0.5) is 0 Å². The molecule has 1 aromatic rings. The summed E-state index contributed by atoms with van der Waals surface area (Å²) < 4.78 is 0. The van der Waals surface area contributed by atoms with E-state index in [1.165, 1.54) is 36.4 Å². The summed E-state index contributed by atoms with van der Waals surface area (Å²) >= 11 is 1.85.